The van der Waals surface area contributed by atoms with E-state index in [0.717, 1.165) is 4.09 Å². The fourth-order valence-corrected chi connectivity index (χ4v) is 3.60. The summed E-state index contributed by atoms with van der Waals surface area (Å²) < 4.78 is 31.4. The van der Waals surface area contributed by atoms with Gasteiger partial charge in [-0.25, -0.2) is 4.79 Å². The van der Waals surface area contributed by atoms with E-state index in [-0.39, 0.29) is 18.0 Å². The van der Waals surface area contributed by atoms with Crippen LogP contribution in [0, 0.1) is 0 Å². The van der Waals surface area contributed by atoms with Gasteiger partial charge in [0, 0.05) is 11.8 Å². The number of carbonyl (C=O) groups excluding carboxylic acids is 1. The molecule has 1 aliphatic rings. The Bertz CT molecular complexity index is 843. The third kappa shape index (κ3) is 3.14. The first kappa shape index (κ1) is 16.5. The van der Waals surface area contributed by atoms with Crippen molar-refractivity contribution in [3.05, 3.63) is 47.8 Å². The Kier molecular flexibility index (Phi) is 3.87. The second kappa shape index (κ2) is 5.62. The van der Waals surface area contributed by atoms with Crippen molar-refractivity contribution in [2.45, 2.75) is 44.4 Å². The highest BCUT2D eigenvalue weighted by Crippen LogP contribution is 2.25. The highest BCUT2D eigenvalue weighted by atomic mass is 32.2. The Morgan fingerprint density at radius 2 is 1.83 bits per heavy atom. The number of hydrogen-bond donors (Lipinski definition) is 0. The number of rotatable bonds is 2. The van der Waals surface area contributed by atoms with Gasteiger partial charge in [0.1, 0.15) is 5.60 Å². The van der Waals surface area contributed by atoms with E-state index in [9.17, 15) is 13.2 Å². The second-order valence-corrected chi connectivity index (χ2v) is 8.42. The molecule has 0 aliphatic carbocycles. The van der Waals surface area contributed by atoms with E-state index in [4.69, 9.17) is 4.74 Å². The van der Waals surface area contributed by atoms with Crippen LogP contribution in [0.3, 0.4) is 0 Å². The van der Waals surface area contributed by atoms with Gasteiger partial charge < -0.3 is 4.74 Å². The zero-order chi connectivity index (χ0) is 17.5. The van der Waals surface area contributed by atoms with E-state index in [1.807, 2.05) is 0 Å². The van der Waals surface area contributed by atoms with Gasteiger partial charge in [-0.05, 0) is 32.9 Å². The minimum absolute atomic E-state index is 0.176. The quantitative estimate of drug-likeness (QED) is 0.831. The first-order valence-electron chi connectivity index (χ1n) is 7.53. The Hall–Kier alpha value is -2.35. The lowest BCUT2D eigenvalue weighted by atomic mass is 10.2. The Balaban J connectivity index is 1.79. The van der Waals surface area contributed by atoms with Crippen LogP contribution in [-0.4, -0.2) is 34.2 Å². The third-order valence-electron chi connectivity index (χ3n) is 3.50. The molecule has 1 amide bonds. The highest BCUT2D eigenvalue weighted by molar-refractivity contribution is 7.89. The predicted molar refractivity (Wildman–Crippen MR) is 86.7 cm³/mol. The number of aromatic nitrogens is 2. The fourth-order valence-electron chi connectivity index (χ4n) is 2.41. The van der Waals surface area contributed by atoms with Crippen LogP contribution in [-0.2, 0) is 27.8 Å². The van der Waals surface area contributed by atoms with Crippen LogP contribution in [0.1, 0.15) is 32.0 Å². The molecule has 1 aromatic heterocycles. The van der Waals surface area contributed by atoms with Gasteiger partial charge in [-0.2, -0.15) is 17.6 Å². The van der Waals surface area contributed by atoms with Crippen LogP contribution in [0.15, 0.2) is 41.4 Å². The summed E-state index contributed by atoms with van der Waals surface area (Å²) in [7, 11) is -3.71. The predicted octanol–water partition coefficient (Wildman–Crippen LogP) is 2.37. The van der Waals surface area contributed by atoms with Crippen molar-refractivity contribution in [3.63, 3.8) is 0 Å². The van der Waals surface area contributed by atoms with Crippen molar-refractivity contribution in [1.29, 1.82) is 0 Å². The van der Waals surface area contributed by atoms with Gasteiger partial charge in [0.05, 0.1) is 23.7 Å². The average molecular weight is 349 g/mol. The minimum Gasteiger partial charge on any atom is -0.444 e. The summed E-state index contributed by atoms with van der Waals surface area (Å²) in [4.78, 5) is 13.8. The van der Waals surface area contributed by atoms with Crippen LogP contribution in [0.25, 0.3) is 0 Å². The third-order valence-corrected chi connectivity index (χ3v) is 5.04. The van der Waals surface area contributed by atoms with Crippen LogP contribution in [0.4, 0.5) is 4.79 Å². The van der Waals surface area contributed by atoms with E-state index in [1.54, 1.807) is 39.0 Å². The Labute approximate surface area is 140 Å². The molecule has 2 heterocycles. The molecule has 0 spiro atoms. The molecule has 0 saturated carbocycles. The van der Waals surface area contributed by atoms with Crippen LogP contribution in [0.5, 0.6) is 0 Å². The maximum absolute atomic E-state index is 12.5. The van der Waals surface area contributed by atoms with E-state index in [2.05, 4.69) is 5.10 Å². The SMILES string of the molecule is CC(C)(C)OC(=O)N1Cc2cn(S(=O)(=O)c3ccccc3)nc2C1. The van der Waals surface area contributed by atoms with Gasteiger partial charge in [0.25, 0.3) is 10.0 Å². The molecule has 2 aromatic rings. The largest absolute Gasteiger partial charge is 0.444 e. The van der Waals surface area contributed by atoms with Gasteiger partial charge >= 0.3 is 6.09 Å². The minimum atomic E-state index is -3.71. The molecule has 0 atom stereocenters. The Morgan fingerprint density at radius 1 is 1.17 bits per heavy atom. The second-order valence-electron chi connectivity index (χ2n) is 6.63. The van der Waals surface area contributed by atoms with Crippen LogP contribution >= 0.6 is 0 Å². The van der Waals surface area contributed by atoms with E-state index < -0.39 is 21.7 Å². The topological polar surface area (TPSA) is 81.5 Å². The summed E-state index contributed by atoms with van der Waals surface area (Å²) in [6.45, 7) is 5.92. The molecule has 0 unspecified atom stereocenters. The average Bonchev–Trinajstić information content (AvgIpc) is 3.05. The van der Waals surface area contributed by atoms with Gasteiger partial charge in [0.15, 0.2) is 0 Å². The lowest BCUT2D eigenvalue weighted by Gasteiger charge is -2.24. The molecule has 1 aromatic carbocycles. The monoisotopic (exact) mass is 349 g/mol. The van der Waals surface area contributed by atoms with Crippen LogP contribution in [0.2, 0.25) is 0 Å². The summed E-state index contributed by atoms with van der Waals surface area (Å²) in [6.07, 6.45) is 1.03. The van der Waals surface area contributed by atoms with Crippen molar-refractivity contribution in [2.24, 2.45) is 0 Å². The molecule has 1 aliphatic heterocycles. The van der Waals surface area contributed by atoms with Gasteiger partial charge in [-0.1, -0.05) is 18.2 Å². The molecule has 8 heteroatoms. The maximum Gasteiger partial charge on any atom is 0.410 e. The van der Waals surface area contributed by atoms with Gasteiger partial charge in [-0.3, -0.25) is 4.90 Å². The summed E-state index contributed by atoms with van der Waals surface area (Å²) in [6, 6.07) is 8.12. The van der Waals surface area contributed by atoms with E-state index >= 15 is 0 Å². The van der Waals surface area contributed by atoms with Gasteiger partial charge in [0.2, 0.25) is 0 Å². The van der Waals surface area contributed by atoms with E-state index in [1.165, 1.54) is 23.2 Å². The van der Waals surface area contributed by atoms with Crippen molar-refractivity contribution in [2.75, 3.05) is 0 Å². The molecule has 24 heavy (non-hydrogen) atoms. The molecule has 0 bridgehead atoms. The van der Waals surface area contributed by atoms with E-state index in [0.29, 0.717) is 11.3 Å². The highest BCUT2D eigenvalue weighted by Gasteiger charge is 2.31. The first-order valence-corrected chi connectivity index (χ1v) is 8.97. The van der Waals surface area contributed by atoms with Crippen molar-refractivity contribution in [1.82, 2.24) is 14.1 Å². The molecule has 128 valence electrons. The van der Waals surface area contributed by atoms with Crippen molar-refractivity contribution in [3.8, 4) is 0 Å². The number of carbonyl (C=O) groups is 1. The molecule has 0 saturated heterocycles. The summed E-state index contributed by atoms with van der Waals surface area (Å²) >= 11 is 0. The number of ether oxygens (including phenoxy) is 1. The smallest absolute Gasteiger partial charge is 0.410 e. The number of amides is 1. The first-order chi connectivity index (χ1) is 11.2. The van der Waals surface area contributed by atoms with Crippen molar-refractivity contribution < 1.29 is 17.9 Å². The molecule has 0 N–H and O–H groups in total. The zero-order valence-corrected chi connectivity index (χ0v) is 14.6. The summed E-state index contributed by atoms with van der Waals surface area (Å²) in [5.41, 5.74) is 0.703. The summed E-state index contributed by atoms with van der Waals surface area (Å²) in [5, 5.41) is 4.15. The maximum atomic E-state index is 12.5. The molecular weight excluding hydrogens is 330 g/mol. The number of hydrogen-bond acceptors (Lipinski definition) is 5. The lowest BCUT2D eigenvalue weighted by molar-refractivity contribution is 0.0239. The molecule has 7 nitrogen and oxygen atoms in total. The Morgan fingerprint density at radius 3 is 2.42 bits per heavy atom. The van der Waals surface area contributed by atoms with Crippen molar-refractivity contribution >= 4 is 16.1 Å². The number of benzene rings is 1. The fraction of sp³-hybridized carbons (Fsp3) is 0.375. The normalized spacial score (nSPS) is 14.5. The summed E-state index contributed by atoms with van der Waals surface area (Å²) in [5.74, 6) is 0. The lowest BCUT2D eigenvalue weighted by Crippen LogP contribution is -2.33. The molecule has 0 radical (unpaired) electrons. The molecule has 0 fully saturated rings. The molecular formula is C16H19N3O4S. The number of nitrogens with zero attached hydrogens (tertiary/aromatic N) is 3. The van der Waals surface area contributed by atoms with Crippen LogP contribution < -0.4 is 0 Å². The zero-order valence-electron chi connectivity index (χ0n) is 13.8. The van der Waals surface area contributed by atoms with Gasteiger partial charge in [-0.15, -0.1) is 0 Å². The molecule has 3 rings (SSSR count). The standard InChI is InChI=1S/C16H19N3O4S/c1-16(2,3)23-15(20)18-9-12-10-19(17-14(12)11-18)24(21,22)13-7-5-4-6-8-13/h4-8,10H,9,11H2,1-3H3. The number of fused-ring (bicyclic) bond motifs is 1.